The van der Waals surface area contributed by atoms with E-state index in [1.165, 1.54) is 6.26 Å². The van der Waals surface area contributed by atoms with E-state index in [0.717, 1.165) is 18.4 Å². The average molecular weight is 585 g/mol. The SMILES string of the molecule is C=CCc1ccc(O[C@H]2O[C@H]3[C@@H](O)[C@H](O)[C@]24C[C@H]([C@H](O)CC#CO[C@H]3CCCO)[C@@H](CC2(O)CCCC2)C=CO4)cc1. The summed E-state index contributed by atoms with van der Waals surface area (Å²) in [7, 11) is 0. The van der Waals surface area contributed by atoms with Crippen molar-refractivity contribution in [2.75, 3.05) is 6.61 Å². The van der Waals surface area contributed by atoms with Crippen LogP contribution in [0.2, 0.25) is 0 Å². The molecule has 1 spiro atoms. The second kappa shape index (κ2) is 13.4. The first-order valence-corrected chi connectivity index (χ1v) is 15.2. The molecule has 1 aromatic carbocycles. The summed E-state index contributed by atoms with van der Waals surface area (Å²) in [6.45, 7) is 3.69. The Bertz CT molecular complexity index is 1130. The Hall–Kier alpha value is -2.58. The fourth-order valence-corrected chi connectivity index (χ4v) is 7.01. The molecule has 1 saturated carbocycles. The van der Waals surface area contributed by atoms with Crippen LogP contribution in [0.3, 0.4) is 0 Å². The summed E-state index contributed by atoms with van der Waals surface area (Å²) in [6, 6.07) is 7.42. The highest BCUT2D eigenvalue weighted by Gasteiger charge is 2.62. The van der Waals surface area contributed by atoms with Gasteiger partial charge in [-0.05, 0) is 74.1 Å². The lowest BCUT2D eigenvalue weighted by molar-refractivity contribution is -0.333. The fraction of sp³-hybridized carbons (Fsp3) is 0.636. The van der Waals surface area contributed by atoms with Crippen molar-refractivity contribution in [2.45, 2.75) is 112 Å². The van der Waals surface area contributed by atoms with E-state index in [2.05, 4.69) is 18.6 Å². The Kier molecular flexibility index (Phi) is 9.83. The van der Waals surface area contributed by atoms with Gasteiger partial charge >= 0.3 is 0 Å². The van der Waals surface area contributed by atoms with Gasteiger partial charge in [-0.3, -0.25) is 0 Å². The molecule has 1 saturated heterocycles. The number of aliphatic hydroxyl groups is 5. The second-order valence-electron chi connectivity index (χ2n) is 12.3. The van der Waals surface area contributed by atoms with Gasteiger partial charge in [0.25, 0.3) is 0 Å². The molecule has 9 heteroatoms. The Morgan fingerprint density at radius 1 is 1.12 bits per heavy atom. The molecule has 5 N–H and O–H groups in total. The third-order valence-electron chi connectivity index (χ3n) is 9.36. The average Bonchev–Trinajstić information content (AvgIpc) is 3.32. The molecule has 9 nitrogen and oxygen atoms in total. The summed E-state index contributed by atoms with van der Waals surface area (Å²) in [6.07, 6.45) is 6.16. The van der Waals surface area contributed by atoms with E-state index >= 15 is 0 Å². The van der Waals surface area contributed by atoms with Crippen molar-refractivity contribution in [1.29, 1.82) is 0 Å². The van der Waals surface area contributed by atoms with Gasteiger partial charge < -0.3 is 44.5 Å². The first-order chi connectivity index (χ1) is 20.3. The van der Waals surface area contributed by atoms with Gasteiger partial charge in [-0.25, -0.2) is 0 Å². The largest absolute Gasteiger partial charge is 0.486 e. The second-order valence-corrected chi connectivity index (χ2v) is 12.3. The van der Waals surface area contributed by atoms with Crippen molar-refractivity contribution in [3.8, 4) is 17.8 Å². The van der Waals surface area contributed by atoms with Crippen LogP contribution in [-0.2, 0) is 20.6 Å². The number of hydrogen-bond acceptors (Lipinski definition) is 9. The van der Waals surface area contributed by atoms with E-state index in [1.54, 1.807) is 12.1 Å². The summed E-state index contributed by atoms with van der Waals surface area (Å²) < 4.78 is 25.0. The number of aliphatic hydroxyl groups excluding tert-OH is 4. The first-order valence-electron chi connectivity index (χ1n) is 15.2. The number of fused-ring (bicyclic) bond motifs is 6. The van der Waals surface area contributed by atoms with E-state index in [1.807, 2.05) is 24.3 Å². The zero-order valence-electron chi connectivity index (χ0n) is 24.0. The van der Waals surface area contributed by atoms with E-state index in [9.17, 15) is 25.5 Å². The van der Waals surface area contributed by atoms with Crippen molar-refractivity contribution < 1.29 is 44.5 Å². The summed E-state index contributed by atoms with van der Waals surface area (Å²) in [4.78, 5) is 0. The molecule has 230 valence electrons. The van der Waals surface area contributed by atoms with Gasteiger partial charge in [0.15, 0.2) is 5.60 Å². The summed E-state index contributed by atoms with van der Waals surface area (Å²) in [5.74, 6) is 2.59. The van der Waals surface area contributed by atoms with Crippen LogP contribution in [0, 0.1) is 23.9 Å². The summed E-state index contributed by atoms with van der Waals surface area (Å²) >= 11 is 0. The minimum absolute atomic E-state index is 0.0793. The third-order valence-corrected chi connectivity index (χ3v) is 9.36. The molecule has 0 amide bonds. The molecule has 0 aromatic heterocycles. The number of hydrogen-bond donors (Lipinski definition) is 5. The van der Waals surface area contributed by atoms with E-state index in [4.69, 9.17) is 18.9 Å². The molecule has 0 radical (unpaired) electrons. The van der Waals surface area contributed by atoms with Crippen molar-refractivity contribution in [2.24, 2.45) is 11.8 Å². The van der Waals surface area contributed by atoms with E-state index in [0.29, 0.717) is 44.3 Å². The molecule has 4 aliphatic heterocycles. The monoisotopic (exact) mass is 584 g/mol. The van der Waals surface area contributed by atoms with Crippen LogP contribution < -0.4 is 4.74 Å². The van der Waals surface area contributed by atoms with Gasteiger partial charge in [0.2, 0.25) is 6.29 Å². The van der Waals surface area contributed by atoms with Gasteiger partial charge in [0.1, 0.15) is 36.3 Å². The number of ether oxygens (including phenoxy) is 4. The third kappa shape index (κ3) is 6.49. The van der Waals surface area contributed by atoms with Gasteiger partial charge in [-0.1, -0.05) is 37.0 Å². The normalized spacial score (nSPS) is 37.2. The fourth-order valence-electron chi connectivity index (χ4n) is 7.01. The van der Waals surface area contributed by atoms with Gasteiger partial charge in [0, 0.05) is 19.4 Å². The number of allylic oxidation sites excluding steroid dienone is 2. The van der Waals surface area contributed by atoms with Crippen LogP contribution in [0.1, 0.15) is 63.4 Å². The number of benzene rings is 1. The lowest BCUT2D eigenvalue weighted by Gasteiger charge is -2.52. The maximum atomic E-state index is 11.8. The van der Waals surface area contributed by atoms with Crippen molar-refractivity contribution >= 4 is 0 Å². The Morgan fingerprint density at radius 3 is 2.60 bits per heavy atom. The highest BCUT2D eigenvalue weighted by molar-refractivity contribution is 5.29. The lowest BCUT2D eigenvalue weighted by atomic mass is 9.70. The highest BCUT2D eigenvalue weighted by Crippen LogP contribution is 2.47. The zero-order valence-corrected chi connectivity index (χ0v) is 24.0. The van der Waals surface area contributed by atoms with Crippen LogP contribution in [0.25, 0.3) is 0 Å². The minimum Gasteiger partial charge on any atom is -0.486 e. The Balaban J connectivity index is 1.54. The quantitative estimate of drug-likeness (QED) is 0.219. The van der Waals surface area contributed by atoms with Gasteiger partial charge in [-0.2, -0.15) is 0 Å². The molecule has 1 aliphatic carbocycles. The summed E-state index contributed by atoms with van der Waals surface area (Å²) in [5, 5.41) is 55.6. The Labute approximate surface area is 247 Å². The molecular weight excluding hydrogens is 540 g/mol. The van der Waals surface area contributed by atoms with Crippen molar-refractivity contribution in [1.82, 2.24) is 0 Å². The molecule has 0 unspecified atom stereocenters. The van der Waals surface area contributed by atoms with Crippen LogP contribution in [0.15, 0.2) is 49.3 Å². The minimum atomic E-state index is -1.60. The standard InChI is InChI=1S/C33H44O9/c1-2-7-22-10-12-24(13-11-22)41-31-33-21-25(23(14-19-40-33)20-32(38)15-3-4-16-32)26(35)8-6-18-39-27(9-5-17-34)29(42-31)28(36)30(33)37/h2,10-14,19,23,25-31,34-38H,1,3-5,7-9,15-17,20-21H2/t23-,25+,26-,27+,28-,29-,30+,31+,33-/m1/s1. The smallest absolute Gasteiger partial charge is 0.243 e. The summed E-state index contributed by atoms with van der Waals surface area (Å²) in [5.41, 5.74) is -1.40. The molecule has 5 aliphatic rings. The van der Waals surface area contributed by atoms with Crippen LogP contribution >= 0.6 is 0 Å². The molecular formula is C33H44O9. The maximum Gasteiger partial charge on any atom is 0.243 e. The topological polar surface area (TPSA) is 138 Å². The van der Waals surface area contributed by atoms with Crippen LogP contribution in [0.5, 0.6) is 5.75 Å². The molecule has 3 bridgehead atoms. The van der Waals surface area contributed by atoms with Crippen LogP contribution in [0.4, 0.5) is 0 Å². The zero-order chi connectivity index (χ0) is 29.7. The van der Waals surface area contributed by atoms with Crippen molar-refractivity contribution in [3.05, 3.63) is 54.8 Å². The highest BCUT2D eigenvalue weighted by atomic mass is 16.7. The lowest BCUT2D eigenvalue weighted by Crippen LogP contribution is -2.70. The predicted molar refractivity (Wildman–Crippen MR) is 154 cm³/mol. The molecule has 42 heavy (non-hydrogen) atoms. The predicted octanol–water partition coefficient (Wildman–Crippen LogP) is 2.72. The number of rotatable bonds is 9. The van der Waals surface area contributed by atoms with Crippen LogP contribution in [-0.4, -0.2) is 80.2 Å². The molecule has 9 atom stereocenters. The molecule has 1 aromatic rings. The van der Waals surface area contributed by atoms with E-state index in [-0.39, 0.29) is 25.4 Å². The van der Waals surface area contributed by atoms with Crippen molar-refractivity contribution in [3.63, 3.8) is 0 Å². The Morgan fingerprint density at radius 2 is 1.88 bits per heavy atom. The molecule has 6 rings (SSSR count). The maximum absolute atomic E-state index is 11.8. The first kappa shape index (κ1) is 30.9. The molecule has 2 fully saturated rings. The molecule has 4 heterocycles. The van der Waals surface area contributed by atoms with Gasteiger partial charge in [-0.15, -0.1) is 6.58 Å². The van der Waals surface area contributed by atoms with E-state index < -0.39 is 53.9 Å². The van der Waals surface area contributed by atoms with Gasteiger partial charge in [0.05, 0.1) is 18.0 Å².